The third kappa shape index (κ3) is 2.48. The number of pyridine rings is 1. The van der Waals surface area contributed by atoms with Crippen molar-refractivity contribution in [3.8, 4) is 0 Å². The summed E-state index contributed by atoms with van der Waals surface area (Å²) >= 11 is 12.2. The highest BCUT2D eigenvalue weighted by atomic mass is 35.5. The van der Waals surface area contributed by atoms with Crippen molar-refractivity contribution in [3.63, 3.8) is 0 Å². The lowest BCUT2D eigenvalue weighted by molar-refractivity contribution is -0.0871. The maximum Gasteiger partial charge on any atom is 0.135 e. The molecule has 5 heteroatoms. The molecule has 2 heterocycles. The molecule has 88 valence electrons. The second-order valence-corrected chi connectivity index (χ2v) is 5.42. The highest BCUT2D eigenvalue weighted by Gasteiger charge is 2.36. The summed E-state index contributed by atoms with van der Waals surface area (Å²) in [6, 6.07) is 1.81. The Morgan fingerprint density at radius 2 is 2.12 bits per heavy atom. The molecule has 0 unspecified atom stereocenters. The van der Waals surface area contributed by atoms with Gasteiger partial charge in [-0.3, -0.25) is 4.90 Å². The number of likely N-dealkylation sites (tertiary alicyclic amines) is 1. The highest BCUT2D eigenvalue weighted by Crippen LogP contribution is 2.29. The van der Waals surface area contributed by atoms with Crippen molar-refractivity contribution in [2.75, 3.05) is 13.1 Å². The van der Waals surface area contributed by atoms with Crippen molar-refractivity contribution < 1.29 is 5.11 Å². The van der Waals surface area contributed by atoms with E-state index in [-0.39, 0.29) is 0 Å². The smallest absolute Gasteiger partial charge is 0.135 e. The second-order valence-electron chi connectivity index (χ2n) is 4.66. The Kier molecular flexibility index (Phi) is 3.14. The minimum atomic E-state index is -0.572. The van der Waals surface area contributed by atoms with Crippen LogP contribution in [0.25, 0.3) is 0 Å². The van der Waals surface area contributed by atoms with Crippen LogP contribution in [0.4, 0.5) is 0 Å². The van der Waals surface area contributed by atoms with Crippen molar-refractivity contribution in [1.82, 2.24) is 9.88 Å². The lowest BCUT2D eigenvalue weighted by Gasteiger charge is -2.44. The van der Waals surface area contributed by atoms with E-state index in [0.717, 1.165) is 11.3 Å². The summed E-state index contributed by atoms with van der Waals surface area (Å²) in [5.41, 5.74) is 1.08. The van der Waals surface area contributed by atoms with Gasteiger partial charge in [0.2, 0.25) is 0 Å². The molecule has 0 radical (unpaired) electrons. The lowest BCUT2D eigenvalue weighted by Crippen LogP contribution is -2.59. The zero-order valence-corrected chi connectivity index (χ0v) is 10.8. The van der Waals surface area contributed by atoms with Gasteiger partial charge in [0.1, 0.15) is 5.15 Å². The van der Waals surface area contributed by atoms with E-state index in [4.69, 9.17) is 23.2 Å². The van der Waals surface area contributed by atoms with E-state index in [1.807, 2.05) is 13.8 Å². The second kappa shape index (κ2) is 4.15. The Morgan fingerprint density at radius 3 is 2.62 bits per heavy atom. The number of aryl methyl sites for hydroxylation is 1. The number of rotatable bonds is 2. The number of aromatic nitrogens is 1. The van der Waals surface area contributed by atoms with E-state index < -0.39 is 5.60 Å². The summed E-state index contributed by atoms with van der Waals surface area (Å²) < 4.78 is 0. The summed E-state index contributed by atoms with van der Waals surface area (Å²) in [4.78, 5) is 6.26. The Bertz CT molecular complexity index is 389. The monoisotopic (exact) mass is 260 g/mol. The predicted octanol–water partition coefficient (Wildman–Crippen LogP) is 2.26. The van der Waals surface area contributed by atoms with Crippen LogP contribution in [0.15, 0.2) is 6.07 Å². The van der Waals surface area contributed by atoms with Gasteiger partial charge in [0.05, 0.1) is 5.60 Å². The topological polar surface area (TPSA) is 36.4 Å². The standard InChI is InChI=1S/C11H14Cl2N2O/c1-7-3-9(12)8(10(13)14-7)4-15-5-11(2,16)6-15/h3,16H,4-6H2,1-2H3. The van der Waals surface area contributed by atoms with Gasteiger partial charge in [-0.05, 0) is 19.9 Å². The molecule has 0 atom stereocenters. The third-order valence-electron chi connectivity index (χ3n) is 2.66. The molecule has 1 aromatic rings. The van der Waals surface area contributed by atoms with Gasteiger partial charge >= 0.3 is 0 Å². The van der Waals surface area contributed by atoms with E-state index in [2.05, 4.69) is 9.88 Å². The van der Waals surface area contributed by atoms with Crippen LogP contribution in [0.2, 0.25) is 10.2 Å². The number of hydrogen-bond donors (Lipinski definition) is 1. The average Bonchev–Trinajstić information content (AvgIpc) is 2.07. The molecule has 0 aliphatic carbocycles. The fourth-order valence-corrected chi connectivity index (χ4v) is 2.67. The quantitative estimate of drug-likeness (QED) is 0.829. The molecule has 0 aromatic carbocycles. The third-order valence-corrected chi connectivity index (χ3v) is 3.31. The first-order valence-electron chi connectivity index (χ1n) is 5.14. The number of nitrogens with zero attached hydrogens (tertiary/aromatic N) is 2. The summed E-state index contributed by atoms with van der Waals surface area (Å²) in [7, 11) is 0. The molecule has 1 saturated heterocycles. The zero-order chi connectivity index (χ0) is 11.9. The maximum atomic E-state index is 9.62. The first kappa shape index (κ1) is 12.1. The molecule has 1 aliphatic rings. The van der Waals surface area contributed by atoms with Crippen LogP contribution in [0.1, 0.15) is 18.2 Å². The molecule has 0 bridgehead atoms. The fourth-order valence-electron chi connectivity index (χ4n) is 2.02. The molecule has 0 saturated carbocycles. The van der Waals surface area contributed by atoms with E-state index >= 15 is 0 Å². The van der Waals surface area contributed by atoms with Crippen molar-refractivity contribution in [2.24, 2.45) is 0 Å². The van der Waals surface area contributed by atoms with Crippen molar-refractivity contribution in [3.05, 3.63) is 27.5 Å². The summed E-state index contributed by atoms with van der Waals surface area (Å²) in [5, 5.41) is 10.7. The van der Waals surface area contributed by atoms with Gasteiger partial charge in [0.25, 0.3) is 0 Å². The Hall–Kier alpha value is -0.350. The van der Waals surface area contributed by atoms with Gasteiger partial charge in [-0.25, -0.2) is 4.98 Å². The molecule has 0 spiro atoms. The number of halogens is 2. The minimum Gasteiger partial charge on any atom is -0.388 e. The van der Waals surface area contributed by atoms with E-state index in [9.17, 15) is 5.11 Å². The number of hydrogen-bond acceptors (Lipinski definition) is 3. The minimum absolute atomic E-state index is 0.455. The Morgan fingerprint density at radius 1 is 1.50 bits per heavy atom. The average molecular weight is 261 g/mol. The first-order valence-corrected chi connectivity index (χ1v) is 5.89. The van der Waals surface area contributed by atoms with Crippen LogP contribution < -0.4 is 0 Å². The van der Waals surface area contributed by atoms with Crippen molar-refractivity contribution >= 4 is 23.2 Å². The molecule has 2 rings (SSSR count). The van der Waals surface area contributed by atoms with Gasteiger partial charge in [-0.1, -0.05) is 23.2 Å². The molecule has 3 nitrogen and oxygen atoms in total. The zero-order valence-electron chi connectivity index (χ0n) is 9.30. The van der Waals surface area contributed by atoms with Crippen LogP contribution >= 0.6 is 23.2 Å². The number of aliphatic hydroxyl groups is 1. The van der Waals surface area contributed by atoms with Crippen LogP contribution in [-0.4, -0.2) is 33.7 Å². The SMILES string of the molecule is Cc1cc(Cl)c(CN2CC(C)(O)C2)c(Cl)n1. The summed E-state index contributed by atoms with van der Waals surface area (Å²) in [6.45, 7) is 5.61. The van der Waals surface area contributed by atoms with Crippen LogP contribution in [-0.2, 0) is 6.54 Å². The lowest BCUT2D eigenvalue weighted by atomic mass is 9.96. The largest absolute Gasteiger partial charge is 0.388 e. The highest BCUT2D eigenvalue weighted by molar-refractivity contribution is 6.35. The molecule has 1 fully saturated rings. The van der Waals surface area contributed by atoms with Crippen LogP contribution in [0.3, 0.4) is 0 Å². The Labute approximate surface area is 105 Å². The fraction of sp³-hybridized carbons (Fsp3) is 0.545. The molecule has 1 aliphatic heterocycles. The normalized spacial score (nSPS) is 19.6. The van der Waals surface area contributed by atoms with Crippen LogP contribution in [0.5, 0.6) is 0 Å². The van der Waals surface area contributed by atoms with Gasteiger partial charge in [-0.2, -0.15) is 0 Å². The summed E-state index contributed by atoms with van der Waals surface area (Å²) in [6.07, 6.45) is 0. The molecular formula is C11H14Cl2N2O. The molecular weight excluding hydrogens is 247 g/mol. The number of β-amino-alcohol motifs (C(OH)–C–C–N with tert-alkyl or cyclic N) is 1. The maximum absolute atomic E-state index is 9.62. The molecule has 1 N–H and O–H groups in total. The van der Waals surface area contributed by atoms with Gasteiger partial charge in [0.15, 0.2) is 0 Å². The molecule has 0 amide bonds. The predicted molar refractivity (Wildman–Crippen MR) is 64.9 cm³/mol. The van der Waals surface area contributed by atoms with Crippen LogP contribution in [0, 0.1) is 6.92 Å². The van der Waals surface area contributed by atoms with E-state index in [1.54, 1.807) is 6.07 Å². The van der Waals surface area contributed by atoms with Crippen molar-refractivity contribution in [1.29, 1.82) is 0 Å². The molecule has 1 aromatic heterocycles. The van der Waals surface area contributed by atoms with Gasteiger partial charge < -0.3 is 5.11 Å². The van der Waals surface area contributed by atoms with Gasteiger partial charge in [-0.15, -0.1) is 0 Å². The Balaban J connectivity index is 2.11. The van der Waals surface area contributed by atoms with Crippen molar-refractivity contribution in [2.45, 2.75) is 26.0 Å². The first-order chi connectivity index (χ1) is 7.37. The van der Waals surface area contributed by atoms with Gasteiger partial charge in [0, 0.05) is 35.9 Å². The van der Waals surface area contributed by atoms with E-state index in [1.165, 1.54) is 0 Å². The summed E-state index contributed by atoms with van der Waals surface area (Å²) in [5.74, 6) is 0. The molecule has 16 heavy (non-hydrogen) atoms. The van der Waals surface area contributed by atoms with E-state index in [0.29, 0.717) is 29.8 Å².